The van der Waals surface area contributed by atoms with Crippen molar-refractivity contribution < 1.29 is 13.2 Å². The smallest absolute Gasteiger partial charge is 0.242 e. The molecular weight excluding hydrogens is 266 g/mol. The highest BCUT2D eigenvalue weighted by Crippen LogP contribution is 2.28. The maximum atomic E-state index is 12.0. The van der Waals surface area contributed by atoms with E-state index in [2.05, 4.69) is 4.72 Å². The molecule has 0 bridgehead atoms. The van der Waals surface area contributed by atoms with Crippen LogP contribution in [0.5, 0.6) is 0 Å². The molecule has 1 aliphatic carbocycles. The second kappa shape index (κ2) is 6.04. The summed E-state index contributed by atoms with van der Waals surface area (Å²) in [4.78, 5) is 0.248. The Bertz CT molecular complexity index is 520. The quantitative estimate of drug-likeness (QED) is 0.668. The van der Waals surface area contributed by atoms with Gasteiger partial charge in [-0.15, -0.1) is 0 Å². The molecule has 0 aliphatic heterocycles. The monoisotopic (exact) mass is 287 g/mol. The van der Waals surface area contributed by atoms with Gasteiger partial charge in [-0.05, 0) is 24.8 Å². The molecule has 6 nitrogen and oxygen atoms in total. The predicted molar refractivity (Wildman–Crippen MR) is 72.0 cm³/mol. The molecule has 1 aromatic heterocycles. The lowest BCUT2D eigenvalue weighted by Gasteiger charge is -2.05. The van der Waals surface area contributed by atoms with Crippen molar-refractivity contribution in [1.29, 1.82) is 0 Å². The van der Waals surface area contributed by atoms with Gasteiger partial charge < -0.3 is 15.0 Å². The molecule has 0 saturated heterocycles. The first-order chi connectivity index (χ1) is 9.03. The highest BCUT2D eigenvalue weighted by Gasteiger charge is 2.21. The van der Waals surface area contributed by atoms with E-state index >= 15 is 0 Å². The van der Waals surface area contributed by atoms with Crippen molar-refractivity contribution in [2.45, 2.75) is 24.3 Å². The zero-order valence-corrected chi connectivity index (χ0v) is 11.9. The van der Waals surface area contributed by atoms with Crippen LogP contribution >= 0.6 is 0 Å². The van der Waals surface area contributed by atoms with Crippen molar-refractivity contribution in [2.75, 3.05) is 19.8 Å². The van der Waals surface area contributed by atoms with Gasteiger partial charge in [0, 0.05) is 38.6 Å². The molecule has 1 aromatic rings. The van der Waals surface area contributed by atoms with E-state index in [0.717, 1.165) is 12.3 Å². The number of ether oxygens (including phenoxy) is 1. The molecule has 1 fully saturated rings. The van der Waals surface area contributed by atoms with E-state index in [1.54, 1.807) is 23.9 Å². The lowest BCUT2D eigenvalue weighted by atomic mass is 10.4. The van der Waals surface area contributed by atoms with Gasteiger partial charge in [0.25, 0.3) is 0 Å². The van der Waals surface area contributed by atoms with Gasteiger partial charge in [0.15, 0.2) is 0 Å². The van der Waals surface area contributed by atoms with E-state index in [1.165, 1.54) is 12.8 Å². The van der Waals surface area contributed by atoms with E-state index in [1.807, 2.05) is 0 Å². The molecule has 3 N–H and O–H groups in total. The lowest BCUT2D eigenvalue weighted by molar-refractivity contribution is 0.129. The van der Waals surface area contributed by atoms with Gasteiger partial charge >= 0.3 is 0 Å². The summed E-state index contributed by atoms with van der Waals surface area (Å²) in [5, 5.41) is 0. The zero-order chi connectivity index (χ0) is 13.9. The van der Waals surface area contributed by atoms with Crippen LogP contribution in [0.1, 0.15) is 18.5 Å². The highest BCUT2D eigenvalue weighted by molar-refractivity contribution is 7.89. The predicted octanol–water partition coefficient (Wildman–Crippen LogP) is 0.189. The fourth-order valence-electron chi connectivity index (χ4n) is 1.79. The molecule has 0 radical (unpaired) electrons. The van der Waals surface area contributed by atoms with Gasteiger partial charge in [-0.25, -0.2) is 13.1 Å². The van der Waals surface area contributed by atoms with Crippen LogP contribution in [-0.2, 0) is 28.4 Å². The number of nitrogens with two attached hydrogens (primary N) is 1. The minimum absolute atomic E-state index is 0.248. The third-order valence-electron chi connectivity index (χ3n) is 3.19. The number of nitrogens with one attached hydrogen (secondary N) is 1. The van der Waals surface area contributed by atoms with Gasteiger partial charge in [0.2, 0.25) is 10.0 Å². The summed E-state index contributed by atoms with van der Waals surface area (Å²) in [6, 6.07) is 1.59. The van der Waals surface area contributed by atoms with Gasteiger partial charge in [0.1, 0.15) is 0 Å². The number of hydrogen-bond acceptors (Lipinski definition) is 4. The third kappa shape index (κ3) is 4.04. The fraction of sp³-hybridized carbons (Fsp3) is 0.667. The molecule has 2 rings (SSSR count). The third-order valence-corrected chi connectivity index (χ3v) is 4.62. The first-order valence-corrected chi connectivity index (χ1v) is 7.94. The normalized spacial score (nSPS) is 15.9. The summed E-state index contributed by atoms with van der Waals surface area (Å²) >= 11 is 0. The van der Waals surface area contributed by atoms with E-state index in [-0.39, 0.29) is 4.90 Å². The molecule has 0 amide bonds. The zero-order valence-electron chi connectivity index (χ0n) is 11.1. The molecule has 0 aromatic carbocycles. The van der Waals surface area contributed by atoms with E-state index < -0.39 is 10.0 Å². The maximum Gasteiger partial charge on any atom is 0.242 e. The van der Waals surface area contributed by atoms with Crippen molar-refractivity contribution >= 4 is 10.0 Å². The SMILES string of the molecule is Cn1cc(S(=O)(=O)NCCOCC2CC2)cc1CN. The molecule has 0 spiro atoms. The Morgan fingerprint density at radius 1 is 1.53 bits per heavy atom. The van der Waals surface area contributed by atoms with Gasteiger partial charge in [-0.1, -0.05) is 0 Å². The molecule has 19 heavy (non-hydrogen) atoms. The summed E-state index contributed by atoms with van der Waals surface area (Å²) in [6.45, 7) is 1.76. The maximum absolute atomic E-state index is 12.0. The number of nitrogens with zero attached hydrogens (tertiary/aromatic N) is 1. The lowest BCUT2D eigenvalue weighted by Crippen LogP contribution is -2.27. The van der Waals surface area contributed by atoms with Crippen LogP contribution in [0, 0.1) is 5.92 Å². The summed E-state index contributed by atoms with van der Waals surface area (Å²) in [7, 11) is -1.69. The average molecular weight is 287 g/mol. The van der Waals surface area contributed by atoms with E-state index in [9.17, 15) is 8.42 Å². The van der Waals surface area contributed by atoms with Crippen molar-refractivity contribution in [3.63, 3.8) is 0 Å². The Morgan fingerprint density at radius 2 is 2.26 bits per heavy atom. The fourth-order valence-corrected chi connectivity index (χ4v) is 2.90. The molecule has 1 heterocycles. The number of aromatic nitrogens is 1. The number of aryl methyl sites for hydroxylation is 1. The molecule has 1 saturated carbocycles. The Morgan fingerprint density at radius 3 is 2.84 bits per heavy atom. The molecular formula is C12H21N3O3S. The van der Waals surface area contributed by atoms with Crippen LogP contribution in [0.25, 0.3) is 0 Å². The van der Waals surface area contributed by atoms with Crippen LogP contribution in [-0.4, -0.2) is 32.7 Å². The van der Waals surface area contributed by atoms with Gasteiger partial charge in [-0.3, -0.25) is 0 Å². The summed E-state index contributed by atoms with van der Waals surface area (Å²) < 4.78 is 33.6. The molecule has 7 heteroatoms. The first kappa shape index (κ1) is 14.5. The molecule has 108 valence electrons. The standard InChI is InChI=1S/C12H21N3O3S/c1-15-8-12(6-11(15)7-13)19(16,17)14-4-5-18-9-10-2-3-10/h6,8,10,14H,2-5,7,9,13H2,1H3. The van der Waals surface area contributed by atoms with Crippen LogP contribution in [0.3, 0.4) is 0 Å². The number of sulfonamides is 1. The summed E-state index contributed by atoms with van der Waals surface area (Å²) in [5.41, 5.74) is 6.31. The van der Waals surface area contributed by atoms with Crippen LogP contribution < -0.4 is 10.5 Å². The highest BCUT2D eigenvalue weighted by atomic mass is 32.2. The number of hydrogen-bond donors (Lipinski definition) is 2. The Labute approximate surface area is 114 Å². The van der Waals surface area contributed by atoms with Crippen molar-refractivity contribution in [2.24, 2.45) is 18.7 Å². The van der Waals surface area contributed by atoms with Crippen LogP contribution in [0.15, 0.2) is 17.2 Å². The van der Waals surface area contributed by atoms with Crippen molar-refractivity contribution in [1.82, 2.24) is 9.29 Å². The first-order valence-electron chi connectivity index (χ1n) is 6.45. The Balaban J connectivity index is 1.82. The molecule has 0 atom stereocenters. The van der Waals surface area contributed by atoms with Crippen LogP contribution in [0.2, 0.25) is 0 Å². The second-order valence-corrected chi connectivity index (χ2v) is 6.67. The van der Waals surface area contributed by atoms with Crippen LogP contribution in [0.4, 0.5) is 0 Å². The molecule has 0 unspecified atom stereocenters. The minimum atomic E-state index is -3.46. The summed E-state index contributed by atoms with van der Waals surface area (Å²) in [5.74, 6) is 0.692. The Hall–Kier alpha value is -0.890. The van der Waals surface area contributed by atoms with Gasteiger partial charge in [0.05, 0.1) is 11.5 Å². The minimum Gasteiger partial charge on any atom is -0.380 e. The molecule has 1 aliphatic rings. The largest absolute Gasteiger partial charge is 0.380 e. The van der Waals surface area contributed by atoms with E-state index in [0.29, 0.717) is 25.6 Å². The van der Waals surface area contributed by atoms with E-state index in [4.69, 9.17) is 10.5 Å². The van der Waals surface area contributed by atoms with Gasteiger partial charge in [-0.2, -0.15) is 0 Å². The number of rotatable bonds is 8. The summed E-state index contributed by atoms with van der Waals surface area (Å²) in [6.07, 6.45) is 4.03. The topological polar surface area (TPSA) is 86.3 Å². The average Bonchev–Trinajstić information content (AvgIpc) is 3.10. The Kier molecular flexibility index (Phi) is 4.62. The second-order valence-electron chi connectivity index (χ2n) is 4.90. The van der Waals surface area contributed by atoms with Crippen molar-refractivity contribution in [3.05, 3.63) is 18.0 Å². The van der Waals surface area contributed by atoms with Crippen molar-refractivity contribution in [3.8, 4) is 0 Å².